The maximum absolute atomic E-state index is 12.1. The zero-order chi connectivity index (χ0) is 14.9. The number of fused-ring (bicyclic) bond motifs is 1. The van der Waals surface area contributed by atoms with Crippen LogP contribution >= 0.6 is 11.3 Å². The Kier molecular flexibility index (Phi) is 3.96. The number of sulfone groups is 1. The Labute approximate surface area is 120 Å². The predicted octanol–water partition coefficient (Wildman–Crippen LogP) is 1.04. The second-order valence-corrected chi connectivity index (χ2v) is 7.90. The number of nitrogen functional groups attached to an aromatic ring is 1. The first-order valence-electron chi connectivity index (χ1n) is 5.89. The van der Waals surface area contributed by atoms with Crippen molar-refractivity contribution in [2.75, 3.05) is 17.7 Å². The average molecular weight is 313 g/mol. The molecule has 2 rings (SSSR count). The van der Waals surface area contributed by atoms with Crippen molar-refractivity contribution in [1.29, 1.82) is 0 Å². The summed E-state index contributed by atoms with van der Waals surface area (Å²) in [5, 5.41) is 2.64. The molecule has 0 bridgehead atoms. The molecule has 0 spiro atoms. The molecule has 0 saturated carbocycles. The fourth-order valence-corrected chi connectivity index (χ4v) is 3.88. The van der Waals surface area contributed by atoms with Gasteiger partial charge in [0.15, 0.2) is 0 Å². The topological polar surface area (TPSA) is 102 Å². The van der Waals surface area contributed by atoms with Crippen molar-refractivity contribution >= 4 is 43.0 Å². The van der Waals surface area contributed by atoms with E-state index in [4.69, 9.17) is 5.73 Å². The van der Waals surface area contributed by atoms with Crippen LogP contribution in [0.15, 0.2) is 18.3 Å². The summed E-state index contributed by atoms with van der Waals surface area (Å²) >= 11 is 1.24. The maximum atomic E-state index is 12.1. The third kappa shape index (κ3) is 3.26. The van der Waals surface area contributed by atoms with Crippen molar-refractivity contribution in [1.82, 2.24) is 10.3 Å². The zero-order valence-corrected chi connectivity index (χ0v) is 12.7. The van der Waals surface area contributed by atoms with Crippen LogP contribution in [0.4, 0.5) is 5.69 Å². The molecule has 0 aliphatic heterocycles. The Balaban J connectivity index is 2.22. The molecule has 2 aromatic rings. The number of hydrogen-bond donors (Lipinski definition) is 2. The normalized spacial score (nSPS) is 13.3. The number of thiophene rings is 1. The number of hydrogen-bond acceptors (Lipinski definition) is 6. The van der Waals surface area contributed by atoms with E-state index in [0.717, 1.165) is 11.0 Å². The molecule has 6 nitrogen and oxygen atoms in total. The van der Waals surface area contributed by atoms with Gasteiger partial charge in [-0.1, -0.05) is 0 Å². The van der Waals surface area contributed by atoms with E-state index in [1.165, 1.54) is 11.3 Å². The smallest absolute Gasteiger partial charge is 0.263 e. The lowest BCUT2D eigenvalue weighted by Crippen LogP contribution is -2.37. The fourth-order valence-electron chi connectivity index (χ4n) is 1.90. The van der Waals surface area contributed by atoms with E-state index < -0.39 is 15.9 Å². The van der Waals surface area contributed by atoms with Gasteiger partial charge in [-0.15, -0.1) is 11.3 Å². The first-order valence-corrected chi connectivity index (χ1v) is 8.77. The van der Waals surface area contributed by atoms with E-state index in [9.17, 15) is 13.2 Å². The van der Waals surface area contributed by atoms with Gasteiger partial charge in [0, 0.05) is 18.5 Å². The molecule has 1 amide bonds. The molecule has 0 saturated heterocycles. The summed E-state index contributed by atoms with van der Waals surface area (Å²) in [7, 11) is -3.14. The minimum absolute atomic E-state index is 0.109. The molecule has 1 unspecified atom stereocenters. The molecular weight excluding hydrogens is 298 g/mol. The van der Waals surface area contributed by atoms with Crippen molar-refractivity contribution in [2.24, 2.45) is 0 Å². The number of nitrogens with two attached hydrogens (primary N) is 1. The summed E-state index contributed by atoms with van der Waals surface area (Å²) in [5.74, 6) is -0.483. The average Bonchev–Trinajstić information content (AvgIpc) is 2.65. The number of rotatable bonds is 4. The van der Waals surface area contributed by atoms with Gasteiger partial charge in [-0.2, -0.15) is 0 Å². The summed E-state index contributed by atoms with van der Waals surface area (Å²) < 4.78 is 23.2. The Hall–Kier alpha value is -1.67. The molecule has 20 heavy (non-hydrogen) atoms. The summed E-state index contributed by atoms with van der Waals surface area (Å²) in [6, 6.07) is 3.13. The monoisotopic (exact) mass is 313 g/mol. The molecule has 108 valence electrons. The third-order valence-corrected chi connectivity index (χ3v) is 4.88. The Morgan fingerprint density at radius 1 is 1.55 bits per heavy atom. The van der Waals surface area contributed by atoms with Gasteiger partial charge >= 0.3 is 0 Å². The Morgan fingerprint density at radius 3 is 2.85 bits per heavy atom. The molecule has 0 fully saturated rings. The second-order valence-electron chi connectivity index (χ2n) is 4.66. The Morgan fingerprint density at radius 2 is 2.25 bits per heavy atom. The second kappa shape index (κ2) is 5.37. The van der Waals surface area contributed by atoms with Gasteiger partial charge in [0.2, 0.25) is 0 Å². The van der Waals surface area contributed by atoms with Crippen LogP contribution in [-0.2, 0) is 9.84 Å². The minimum Gasteiger partial charge on any atom is -0.396 e. The highest BCUT2D eigenvalue weighted by molar-refractivity contribution is 7.90. The standard InChI is InChI=1S/C12H15N3O3S2/c1-7(6-20(2,17)18)15-12(16)11-9(13)10-8(19-11)4-3-5-14-10/h3-5,7H,6,13H2,1-2H3,(H,15,16). The van der Waals surface area contributed by atoms with Gasteiger partial charge in [-0.3, -0.25) is 9.78 Å². The summed E-state index contributed by atoms with van der Waals surface area (Å²) in [6.07, 6.45) is 2.74. The molecule has 1 atom stereocenters. The van der Waals surface area contributed by atoms with Crippen LogP contribution in [-0.4, -0.2) is 37.4 Å². The van der Waals surface area contributed by atoms with Crippen molar-refractivity contribution < 1.29 is 13.2 Å². The van der Waals surface area contributed by atoms with Crippen LogP contribution in [0.2, 0.25) is 0 Å². The maximum Gasteiger partial charge on any atom is 0.263 e. The SMILES string of the molecule is CC(CS(C)(=O)=O)NC(=O)c1sc2cccnc2c1N. The molecule has 2 aromatic heterocycles. The predicted molar refractivity (Wildman–Crippen MR) is 80.7 cm³/mol. The van der Waals surface area contributed by atoms with E-state index in [2.05, 4.69) is 10.3 Å². The number of carbonyl (C=O) groups excluding carboxylic acids is 1. The Bertz CT molecular complexity index is 752. The van der Waals surface area contributed by atoms with Crippen molar-refractivity contribution in [3.05, 3.63) is 23.2 Å². The van der Waals surface area contributed by atoms with Gasteiger partial charge in [-0.25, -0.2) is 8.42 Å². The molecule has 0 radical (unpaired) electrons. The first-order chi connectivity index (χ1) is 9.28. The van der Waals surface area contributed by atoms with Gasteiger partial charge in [-0.05, 0) is 19.1 Å². The van der Waals surface area contributed by atoms with Crippen LogP contribution < -0.4 is 11.1 Å². The lowest BCUT2D eigenvalue weighted by Gasteiger charge is -2.12. The van der Waals surface area contributed by atoms with Crippen LogP contribution in [0, 0.1) is 0 Å². The van der Waals surface area contributed by atoms with Crippen LogP contribution in [0.1, 0.15) is 16.6 Å². The number of anilines is 1. The molecule has 2 heterocycles. The van der Waals surface area contributed by atoms with Crippen LogP contribution in [0.5, 0.6) is 0 Å². The first kappa shape index (κ1) is 14.7. The number of aromatic nitrogens is 1. The molecule has 0 aliphatic rings. The molecular formula is C12H15N3O3S2. The molecule has 3 N–H and O–H groups in total. The fraction of sp³-hybridized carbons (Fsp3) is 0.333. The van der Waals surface area contributed by atoms with Gasteiger partial charge in [0.05, 0.1) is 16.1 Å². The largest absolute Gasteiger partial charge is 0.396 e. The van der Waals surface area contributed by atoms with Crippen molar-refractivity contribution in [3.63, 3.8) is 0 Å². The minimum atomic E-state index is -3.14. The van der Waals surface area contributed by atoms with E-state index in [-0.39, 0.29) is 11.7 Å². The molecule has 8 heteroatoms. The summed E-state index contributed by atoms with van der Waals surface area (Å²) in [6.45, 7) is 1.64. The number of carbonyl (C=O) groups is 1. The van der Waals surface area contributed by atoms with Gasteiger partial charge in [0.1, 0.15) is 20.2 Å². The number of nitrogens with one attached hydrogen (secondary N) is 1. The lowest BCUT2D eigenvalue weighted by atomic mass is 10.3. The summed E-state index contributed by atoms with van der Waals surface area (Å²) in [4.78, 5) is 16.6. The van der Waals surface area contributed by atoms with Gasteiger partial charge in [0.25, 0.3) is 5.91 Å². The molecule has 0 aromatic carbocycles. The highest BCUT2D eigenvalue weighted by Crippen LogP contribution is 2.31. The van der Waals surface area contributed by atoms with Crippen LogP contribution in [0.25, 0.3) is 10.2 Å². The van der Waals surface area contributed by atoms with Crippen molar-refractivity contribution in [3.8, 4) is 0 Å². The van der Waals surface area contributed by atoms with E-state index in [1.54, 1.807) is 19.2 Å². The number of amides is 1. The van der Waals surface area contributed by atoms with E-state index in [1.807, 2.05) is 6.07 Å². The van der Waals surface area contributed by atoms with Crippen LogP contribution in [0.3, 0.4) is 0 Å². The number of pyridine rings is 1. The number of nitrogens with zero attached hydrogens (tertiary/aromatic N) is 1. The zero-order valence-electron chi connectivity index (χ0n) is 11.1. The van der Waals surface area contributed by atoms with E-state index in [0.29, 0.717) is 16.1 Å². The van der Waals surface area contributed by atoms with Gasteiger partial charge < -0.3 is 11.1 Å². The lowest BCUT2D eigenvalue weighted by molar-refractivity contribution is 0.0948. The molecule has 0 aliphatic carbocycles. The highest BCUT2D eigenvalue weighted by Gasteiger charge is 2.20. The quantitative estimate of drug-likeness (QED) is 0.878. The highest BCUT2D eigenvalue weighted by atomic mass is 32.2. The van der Waals surface area contributed by atoms with Crippen molar-refractivity contribution in [2.45, 2.75) is 13.0 Å². The van der Waals surface area contributed by atoms with E-state index >= 15 is 0 Å². The summed E-state index contributed by atoms with van der Waals surface area (Å²) in [5.41, 5.74) is 6.84. The third-order valence-electron chi connectivity index (χ3n) is 2.62.